The van der Waals surface area contributed by atoms with E-state index >= 15 is 0 Å². The Bertz CT molecular complexity index is 285. The van der Waals surface area contributed by atoms with Crippen molar-refractivity contribution < 1.29 is 14.6 Å². The van der Waals surface area contributed by atoms with E-state index < -0.39 is 0 Å². The molecule has 0 aromatic carbocycles. The van der Waals surface area contributed by atoms with Crippen LogP contribution in [-0.2, 0) is 9.53 Å². The first kappa shape index (κ1) is 16.9. The van der Waals surface area contributed by atoms with Gasteiger partial charge in [-0.2, -0.15) is 0 Å². The zero-order valence-electron chi connectivity index (χ0n) is 10.5. The molecule has 2 rings (SSSR count). The molecule has 0 radical (unpaired) electrons. The first-order valence-corrected chi connectivity index (χ1v) is 6.15. The molecular formula is C15H26O3. The Morgan fingerprint density at radius 3 is 2.11 bits per heavy atom. The Morgan fingerprint density at radius 1 is 1.28 bits per heavy atom. The van der Waals surface area contributed by atoms with E-state index in [9.17, 15) is 4.79 Å². The summed E-state index contributed by atoms with van der Waals surface area (Å²) in [5, 5.41) is 8.71. The summed E-state index contributed by atoms with van der Waals surface area (Å²) < 4.78 is 4.94. The average molecular weight is 254 g/mol. The highest BCUT2D eigenvalue weighted by molar-refractivity contribution is 5.66. The topological polar surface area (TPSA) is 46.5 Å². The first-order chi connectivity index (χ1) is 8.08. The highest BCUT2D eigenvalue weighted by Gasteiger charge is 2.38. The molecule has 0 amide bonds. The third-order valence-electron chi connectivity index (χ3n) is 3.00. The second-order valence-electron chi connectivity index (χ2n) is 4.76. The highest BCUT2D eigenvalue weighted by Crippen LogP contribution is 2.36. The Kier molecular flexibility index (Phi) is 7.60. The molecule has 0 heterocycles. The number of allylic oxidation sites excluding steroid dienone is 2. The molecule has 2 fully saturated rings. The fraction of sp³-hybridized carbons (Fsp3) is 0.667. The Hall–Kier alpha value is -1.09. The van der Waals surface area contributed by atoms with E-state index in [2.05, 4.69) is 13.2 Å². The number of aliphatic hydroxyl groups is 1. The van der Waals surface area contributed by atoms with Crippen LogP contribution in [0.1, 0.15) is 40.0 Å². The predicted molar refractivity (Wildman–Crippen MR) is 74.1 cm³/mol. The minimum Gasteiger partial charge on any atom is -0.462 e. The molecule has 2 saturated carbocycles. The maximum atomic E-state index is 10.4. The van der Waals surface area contributed by atoms with Gasteiger partial charge in [0.1, 0.15) is 6.10 Å². The minimum atomic E-state index is -0.170. The predicted octanol–water partition coefficient (Wildman–Crippen LogP) is 3.09. The van der Waals surface area contributed by atoms with Gasteiger partial charge in [-0.25, -0.2) is 0 Å². The molecule has 0 bridgehead atoms. The summed E-state index contributed by atoms with van der Waals surface area (Å²) in [6.45, 7) is 8.63. The molecule has 0 aromatic heterocycles. The van der Waals surface area contributed by atoms with Crippen LogP contribution < -0.4 is 0 Å². The van der Waals surface area contributed by atoms with E-state index in [4.69, 9.17) is 9.84 Å². The van der Waals surface area contributed by atoms with Gasteiger partial charge in [0.25, 0.3) is 0 Å². The number of esters is 1. The number of ether oxygens (including phenoxy) is 1. The van der Waals surface area contributed by atoms with Crippen LogP contribution in [0.2, 0.25) is 0 Å². The van der Waals surface area contributed by atoms with Gasteiger partial charge in [-0.3, -0.25) is 4.79 Å². The number of carbonyl (C=O) groups excluding carboxylic acids is 1. The summed E-state index contributed by atoms with van der Waals surface area (Å²) in [6.07, 6.45) is 7.89. The minimum absolute atomic E-state index is 0. The van der Waals surface area contributed by atoms with Crippen molar-refractivity contribution in [2.45, 2.75) is 52.2 Å². The van der Waals surface area contributed by atoms with Crippen molar-refractivity contribution in [3.63, 3.8) is 0 Å². The fourth-order valence-corrected chi connectivity index (χ4v) is 1.74. The smallest absolute Gasteiger partial charge is 0.302 e. The quantitative estimate of drug-likeness (QED) is 0.606. The summed E-state index contributed by atoms with van der Waals surface area (Å²) in [4.78, 5) is 10.4. The Labute approximate surface area is 111 Å². The molecule has 0 aromatic rings. The van der Waals surface area contributed by atoms with Crippen molar-refractivity contribution in [2.24, 2.45) is 11.8 Å². The van der Waals surface area contributed by atoms with Crippen LogP contribution >= 0.6 is 0 Å². The maximum absolute atomic E-state index is 10.4. The molecule has 0 aliphatic heterocycles. The van der Waals surface area contributed by atoms with Crippen LogP contribution in [0, 0.1) is 11.8 Å². The van der Waals surface area contributed by atoms with Gasteiger partial charge in [0.15, 0.2) is 0 Å². The van der Waals surface area contributed by atoms with Crippen LogP contribution in [-0.4, -0.2) is 23.3 Å². The molecule has 2 aliphatic rings. The van der Waals surface area contributed by atoms with E-state index in [1.807, 2.05) is 12.2 Å². The molecule has 3 nitrogen and oxygen atoms in total. The molecule has 2 aliphatic carbocycles. The van der Waals surface area contributed by atoms with Crippen molar-refractivity contribution in [3.8, 4) is 0 Å². The largest absolute Gasteiger partial charge is 0.462 e. The molecular weight excluding hydrogens is 228 g/mol. The fourth-order valence-electron chi connectivity index (χ4n) is 1.74. The molecule has 1 N–H and O–H groups in total. The first-order valence-electron chi connectivity index (χ1n) is 6.15. The van der Waals surface area contributed by atoms with Gasteiger partial charge in [-0.1, -0.05) is 19.6 Å². The van der Waals surface area contributed by atoms with Crippen molar-refractivity contribution in [3.05, 3.63) is 25.3 Å². The second kappa shape index (κ2) is 8.09. The number of hydrogen-bond donors (Lipinski definition) is 1. The lowest BCUT2D eigenvalue weighted by Crippen LogP contribution is -2.02. The molecule has 18 heavy (non-hydrogen) atoms. The zero-order chi connectivity index (χ0) is 12.8. The molecule has 104 valence electrons. The van der Waals surface area contributed by atoms with E-state index in [1.165, 1.54) is 6.92 Å². The van der Waals surface area contributed by atoms with E-state index in [0.717, 1.165) is 25.7 Å². The number of aliphatic hydroxyl groups excluding tert-OH is 1. The van der Waals surface area contributed by atoms with Crippen molar-refractivity contribution in [2.75, 3.05) is 0 Å². The second-order valence-corrected chi connectivity index (χ2v) is 4.76. The van der Waals surface area contributed by atoms with E-state index in [0.29, 0.717) is 11.8 Å². The summed E-state index contributed by atoms with van der Waals surface area (Å²) in [6, 6.07) is 0. The lowest BCUT2D eigenvalue weighted by atomic mass is 10.3. The van der Waals surface area contributed by atoms with Gasteiger partial charge in [-0.05, 0) is 31.6 Å². The van der Waals surface area contributed by atoms with Crippen molar-refractivity contribution >= 4 is 5.97 Å². The Balaban J connectivity index is 0.000000321. The van der Waals surface area contributed by atoms with Crippen molar-refractivity contribution in [1.82, 2.24) is 0 Å². The molecule has 0 spiro atoms. The molecule has 0 saturated heterocycles. The van der Waals surface area contributed by atoms with Gasteiger partial charge >= 0.3 is 5.97 Å². The summed E-state index contributed by atoms with van der Waals surface area (Å²) >= 11 is 0. The van der Waals surface area contributed by atoms with Crippen LogP contribution in [0.25, 0.3) is 0 Å². The third-order valence-corrected chi connectivity index (χ3v) is 3.00. The monoisotopic (exact) mass is 254 g/mol. The van der Waals surface area contributed by atoms with Crippen LogP contribution in [0.15, 0.2) is 25.3 Å². The number of hydrogen-bond acceptors (Lipinski definition) is 3. The van der Waals surface area contributed by atoms with E-state index in [1.54, 1.807) is 0 Å². The number of rotatable bonds is 5. The zero-order valence-corrected chi connectivity index (χ0v) is 10.5. The van der Waals surface area contributed by atoms with Gasteiger partial charge in [0.2, 0.25) is 0 Å². The molecule has 3 heteroatoms. The van der Waals surface area contributed by atoms with Gasteiger partial charge in [0, 0.05) is 12.8 Å². The van der Waals surface area contributed by atoms with Crippen LogP contribution in [0.5, 0.6) is 0 Å². The molecule has 4 atom stereocenters. The standard InChI is InChI=1S/C8H12O2.C6H10O.CH4/c1-3-4-7-5-8(7)10-6(2)9;1-2-3-5-4-6(5)7;/h3,7-8H,1,4-5H2,2H3;2,5-7H,1,3-4H2;1H4/t;5-,6-;/m.1./s1. The third kappa shape index (κ3) is 6.60. The average Bonchev–Trinajstić information content (AvgIpc) is 3.11. The summed E-state index contributed by atoms with van der Waals surface area (Å²) in [5.74, 6) is 0.940. The van der Waals surface area contributed by atoms with Gasteiger partial charge in [0.05, 0.1) is 6.10 Å². The lowest BCUT2D eigenvalue weighted by molar-refractivity contribution is -0.142. The Morgan fingerprint density at radius 2 is 1.78 bits per heavy atom. The van der Waals surface area contributed by atoms with Crippen molar-refractivity contribution in [1.29, 1.82) is 0 Å². The van der Waals surface area contributed by atoms with Crippen LogP contribution in [0.3, 0.4) is 0 Å². The highest BCUT2D eigenvalue weighted by atomic mass is 16.5. The lowest BCUT2D eigenvalue weighted by Gasteiger charge is -1.96. The SMILES string of the molecule is C.C=CCC1CC1OC(C)=O.C=CC[C@@H]1C[C@H]1O. The number of carbonyl (C=O) groups is 1. The van der Waals surface area contributed by atoms with Gasteiger partial charge < -0.3 is 9.84 Å². The van der Waals surface area contributed by atoms with E-state index in [-0.39, 0.29) is 25.6 Å². The van der Waals surface area contributed by atoms with Gasteiger partial charge in [-0.15, -0.1) is 13.2 Å². The summed E-state index contributed by atoms with van der Waals surface area (Å²) in [5.41, 5.74) is 0. The summed E-state index contributed by atoms with van der Waals surface area (Å²) in [7, 11) is 0. The molecule has 2 unspecified atom stereocenters. The normalized spacial score (nSPS) is 31.0. The van der Waals surface area contributed by atoms with Crippen LogP contribution in [0.4, 0.5) is 0 Å². The maximum Gasteiger partial charge on any atom is 0.302 e.